The third-order valence-corrected chi connectivity index (χ3v) is 3.95. The highest BCUT2D eigenvalue weighted by Gasteiger charge is 2.21. The lowest BCUT2D eigenvalue weighted by Crippen LogP contribution is -2.18. The summed E-state index contributed by atoms with van der Waals surface area (Å²) in [4.78, 5) is 21.0. The van der Waals surface area contributed by atoms with Crippen molar-refractivity contribution in [3.8, 4) is 0 Å². The van der Waals surface area contributed by atoms with Gasteiger partial charge in [-0.3, -0.25) is 20.2 Å². The number of halogens is 2. The summed E-state index contributed by atoms with van der Waals surface area (Å²) in [6.45, 7) is 0. The average Bonchev–Trinajstić information content (AvgIpc) is 2.55. The molecule has 2 atom stereocenters. The number of rotatable bonds is 8. The van der Waals surface area contributed by atoms with Crippen LogP contribution < -0.4 is 0 Å². The Balaban J connectivity index is 2.01. The molecule has 7 nitrogen and oxygen atoms in total. The minimum atomic E-state index is -0.911. The second-order valence-corrected chi connectivity index (χ2v) is 6.11. The van der Waals surface area contributed by atoms with Gasteiger partial charge in [-0.2, -0.15) is 0 Å². The Morgan fingerprint density at radius 2 is 1.16 bits per heavy atom. The topological polar surface area (TPSA) is 95.5 Å². The third-order valence-electron chi connectivity index (χ3n) is 3.43. The molecule has 0 bridgehead atoms. The van der Waals surface area contributed by atoms with Gasteiger partial charge in [0.1, 0.15) is 11.1 Å². The number of hydrogen-bond donors (Lipinski definition) is 0. The van der Waals surface area contributed by atoms with Crippen LogP contribution in [-0.4, -0.2) is 21.0 Å². The fraction of sp³-hybridized carbons (Fsp3) is 0.250. The predicted molar refractivity (Wildman–Crippen MR) is 94.0 cm³/mol. The van der Waals surface area contributed by atoms with E-state index in [2.05, 4.69) is 0 Å². The molecule has 0 aromatic heterocycles. The van der Waals surface area contributed by atoms with Crippen molar-refractivity contribution in [1.82, 2.24) is 0 Å². The molecule has 25 heavy (non-hydrogen) atoms. The molecule has 0 aliphatic rings. The van der Waals surface area contributed by atoms with Crippen LogP contribution in [0.1, 0.15) is 11.1 Å². The normalized spacial score (nSPS) is 13.2. The van der Waals surface area contributed by atoms with Crippen LogP contribution >= 0.6 is 23.2 Å². The number of para-hydroxylation sites is 2. The number of nitro groups is 2. The smallest absolute Gasteiger partial charge is 0.272 e. The molecule has 9 heteroatoms. The molecule has 0 aliphatic carbocycles. The second-order valence-electron chi connectivity index (χ2n) is 5.14. The first-order valence-corrected chi connectivity index (χ1v) is 8.14. The van der Waals surface area contributed by atoms with Crippen LogP contribution in [0.15, 0.2) is 48.5 Å². The Morgan fingerprint density at radius 3 is 1.52 bits per heavy atom. The van der Waals surface area contributed by atoms with E-state index in [9.17, 15) is 20.2 Å². The van der Waals surface area contributed by atoms with Gasteiger partial charge in [-0.25, -0.2) is 0 Å². The maximum atomic E-state index is 11.0. The zero-order valence-corrected chi connectivity index (χ0v) is 14.4. The highest BCUT2D eigenvalue weighted by Crippen LogP contribution is 2.25. The molecule has 0 aliphatic heterocycles. The maximum absolute atomic E-state index is 11.0. The molecule has 0 N–H and O–H groups in total. The lowest BCUT2D eigenvalue weighted by Gasteiger charge is -2.16. The standard InChI is InChI=1S/C16H14Cl2N2O5/c17-15(9-11-5-1-3-7-13(11)19(21)22)25-16(18)10-12-6-2-4-8-14(12)20(23)24/h1-8,15-16H,9-10H2. The zero-order chi connectivity index (χ0) is 18.4. The first-order chi connectivity index (χ1) is 11.9. The molecule has 2 aromatic rings. The first kappa shape index (κ1) is 19.1. The Kier molecular flexibility index (Phi) is 6.69. The summed E-state index contributed by atoms with van der Waals surface area (Å²) in [5.74, 6) is 0. The maximum Gasteiger partial charge on any atom is 0.272 e. The van der Waals surface area contributed by atoms with Crippen LogP contribution in [0.25, 0.3) is 0 Å². The molecule has 2 rings (SSSR count). The van der Waals surface area contributed by atoms with E-state index >= 15 is 0 Å². The van der Waals surface area contributed by atoms with Crippen LogP contribution in [0, 0.1) is 20.2 Å². The van der Waals surface area contributed by atoms with Gasteiger partial charge in [-0.15, -0.1) is 0 Å². The van der Waals surface area contributed by atoms with Crippen molar-refractivity contribution >= 4 is 34.6 Å². The lowest BCUT2D eigenvalue weighted by atomic mass is 10.1. The SMILES string of the molecule is O=[N+]([O-])c1ccccc1CC(Cl)OC(Cl)Cc1ccccc1[N+](=O)[O-]. The minimum absolute atomic E-state index is 0.0541. The molecule has 0 spiro atoms. The van der Waals surface area contributed by atoms with E-state index in [4.69, 9.17) is 27.9 Å². The molecular formula is C16H14Cl2N2O5. The Morgan fingerprint density at radius 1 is 0.800 bits per heavy atom. The number of nitro benzene ring substituents is 2. The van der Waals surface area contributed by atoms with Crippen molar-refractivity contribution in [2.45, 2.75) is 24.0 Å². The Hall–Kier alpha value is -2.22. The Labute approximate surface area is 153 Å². The molecule has 2 unspecified atom stereocenters. The summed E-state index contributed by atoms with van der Waals surface area (Å²) in [7, 11) is 0. The molecule has 0 saturated heterocycles. The summed E-state index contributed by atoms with van der Waals surface area (Å²) in [6.07, 6.45) is 0.164. The van der Waals surface area contributed by atoms with Crippen LogP contribution in [0.2, 0.25) is 0 Å². The van der Waals surface area contributed by atoms with Gasteiger partial charge in [-0.1, -0.05) is 59.6 Å². The highest BCUT2D eigenvalue weighted by atomic mass is 35.5. The molecular weight excluding hydrogens is 371 g/mol. The van der Waals surface area contributed by atoms with Gasteiger partial charge in [-0.05, 0) is 0 Å². The van der Waals surface area contributed by atoms with E-state index in [-0.39, 0.29) is 24.2 Å². The van der Waals surface area contributed by atoms with Gasteiger partial charge >= 0.3 is 0 Å². The number of nitrogens with zero attached hydrogens (tertiary/aromatic N) is 2. The van der Waals surface area contributed by atoms with Crippen molar-refractivity contribution in [3.63, 3.8) is 0 Å². The number of alkyl halides is 2. The summed E-state index contributed by atoms with van der Waals surface area (Å²) in [5, 5.41) is 22.0. The van der Waals surface area contributed by atoms with E-state index in [1.807, 2.05) is 0 Å². The van der Waals surface area contributed by atoms with E-state index in [0.717, 1.165) is 0 Å². The van der Waals surface area contributed by atoms with Crippen LogP contribution in [-0.2, 0) is 17.6 Å². The van der Waals surface area contributed by atoms with Crippen molar-refractivity contribution in [2.24, 2.45) is 0 Å². The summed E-state index contributed by atoms with van der Waals surface area (Å²) in [6, 6.07) is 12.4. The lowest BCUT2D eigenvalue weighted by molar-refractivity contribution is -0.385. The van der Waals surface area contributed by atoms with Crippen molar-refractivity contribution in [3.05, 3.63) is 79.9 Å². The quantitative estimate of drug-likeness (QED) is 0.380. The minimum Gasteiger partial charge on any atom is -0.343 e. The van der Waals surface area contributed by atoms with E-state index < -0.39 is 21.0 Å². The largest absolute Gasteiger partial charge is 0.343 e. The molecule has 0 fully saturated rings. The van der Waals surface area contributed by atoms with Gasteiger partial charge in [0.2, 0.25) is 0 Å². The molecule has 0 saturated carbocycles. The van der Waals surface area contributed by atoms with Gasteiger partial charge in [0.15, 0.2) is 0 Å². The van der Waals surface area contributed by atoms with Crippen LogP contribution in [0.3, 0.4) is 0 Å². The monoisotopic (exact) mass is 384 g/mol. The fourth-order valence-electron chi connectivity index (χ4n) is 2.33. The van der Waals surface area contributed by atoms with Crippen molar-refractivity contribution < 1.29 is 14.6 Å². The number of hydrogen-bond acceptors (Lipinski definition) is 5. The van der Waals surface area contributed by atoms with Gasteiger partial charge in [0.25, 0.3) is 11.4 Å². The number of benzene rings is 2. The first-order valence-electron chi connectivity index (χ1n) is 7.26. The molecule has 0 heterocycles. The Bertz CT molecular complexity index is 708. The number of ether oxygens (including phenoxy) is 1. The van der Waals surface area contributed by atoms with Crippen LogP contribution in [0.4, 0.5) is 11.4 Å². The van der Waals surface area contributed by atoms with Gasteiger partial charge in [0, 0.05) is 36.1 Å². The summed E-state index contributed by atoms with van der Waals surface area (Å²) in [5.41, 5.74) is -1.09. The van der Waals surface area contributed by atoms with Gasteiger partial charge in [0.05, 0.1) is 9.85 Å². The van der Waals surface area contributed by atoms with E-state index in [1.165, 1.54) is 12.1 Å². The van der Waals surface area contributed by atoms with Crippen molar-refractivity contribution in [1.29, 1.82) is 0 Å². The van der Waals surface area contributed by atoms with E-state index in [1.54, 1.807) is 36.4 Å². The molecule has 0 radical (unpaired) electrons. The van der Waals surface area contributed by atoms with Gasteiger partial charge < -0.3 is 4.74 Å². The fourth-order valence-corrected chi connectivity index (χ4v) is 2.96. The predicted octanol–water partition coefficient (Wildman–Crippen LogP) is 4.43. The second kappa shape index (κ2) is 8.75. The average molecular weight is 385 g/mol. The van der Waals surface area contributed by atoms with Crippen LogP contribution in [0.5, 0.6) is 0 Å². The molecule has 0 amide bonds. The molecule has 132 valence electrons. The molecule has 2 aromatic carbocycles. The summed E-state index contributed by atoms with van der Waals surface area (Å²) < 4.78 is 5.41. The highest BCUT2D eigenvalue weighted by molar-refractivity contribution is 6.22. The summed E-state index contributed by atoms with van der Waals surface area (Å²) >= 11 is 12.2. The van der Waals surface area contributed by atoms with E-state index in [0.29, 0.717) is 11.1 Å². The van der Waals surface area contributed by atoms with Crippen molar-refractivity contribution in [2.75, 3.05) is 0 Å². The zero-order valence-electron chi connectivity index (χ0n) is 12.9. The third kappa shape index (κ3) is 5.38.